The average Bonchev–Trinajstić information content (AvgIpc) is 3.15. The fourth-order valence-corrected chi connectivity index (χ4v) is 3.87. The molecule has 0 saturated carbocycles. The first-order valence-electron chi connectivity index (χ1n) is 10.4. The van der Waals surface area contributed by atoms with E-state index in [9.17, 15) is 0 Å². The van der Waals surface area contributed by atoms with Crippen LogP contribution < -0.4 is 4.74 Å². The van der Waals surface area contributed by atoms with Crippen LogP contribution in [-0.2, 0) is 12.8 Å². The molecular weight excluding hydrogens is 354 g/mol. The summed E-state index contributed by atoms with van der Waals surface area (Å²) in [5, 5.41) is 0.798. The van der Waals surface area contributed by atoms with Crippen LogP contribution in [0.2, 0.25) is 5.02 Å². The van der Waals surface area contributed by atoms with E-state index in [0.29, 0.717) is 5.92 Å². The summed E-state index contributed by atoms with van der Waals surface area (Å²) in [6.45, 7) is 6.80. The number of rotatable bonds is 10. The smallest absolute Gasteiger partial charge is 0.119 e. The summed E-state index contributed by atoms with van der Waals surface area (Å²) in [6.07, 6.45) is 7.33. The van der Waals surface area contributed by atoms with Gasteiger partial charge in [0.05, 0.1) is 6.61 Å². The number of unbranched alkanes of at least 4 members (excludes halogenated alkanes) is 2. The summed E-state index contributed by atoms with van der Waals surface area (Å²) in [6, 6.07) is 16.7. The average molecular weight is 386 g/mol. The minimum absolute atomic E-state index is 0.677. The van der Waals surface area contributed by atoms with Gasteiger partial charge >= 0.3 is 0 Å². The van der Waals surface area contributed by atoms with Crippen LogP contribution in [0.3, 0.4) is 0 Å². The van der Waals surface area contributed by atoms with E-state index >= 15 is 0 Å². The Bertz CT molecular complexity index is 668. The van der Waals surface area contributed by atoms with Crippen molar-refractivity contribution in [2.75, 3.05) is 26.2 Å². The van der Waals surface area contributed by atoms with Crippen molar-refractivity contribution in [3.05, 3.63) is 64.7 Å². The molecule has 1 saturated heterocycles. The summed E-state index contributed by atoms with van der Waals surface area (Å²) >= 11 is 5.94. The molecule has 0 radical (unpaired) electrons. The van der Waals surface area contributed by atoms with Gasteiger partial charge in [0.15, 0.2) is 0 Å². The zero-order valence-electron chi connectivity index (χ0n) is 16.5. The van der Waals surface area contributed by atoms with Gasteiger partial charge < -0.3 is 9.64 Å². The molecule has 1 aliphatic rings. The highest BCUT2D eigenvalue weighted by atomic mass is 35.5. The lowest BCUT2D eigenvalue weighted by Crippen LogP contribution is -2.23. The fraction of sp³-hybridized carbons (Fsp3) is 0.500. The van der Waals surface area contributed by atoms with Crippen molar-refractivity contribution in [3.63, 3.8) is 0 Å². The third-order valence-electron chi connectivity index (χ3n) is 5.47. The number of benzene rings is 2. The van der Waals surface area contributed by atoms with Crippen molar-refractivity contribution in [3.8, 4) is 5.75 Å². The lowest BCUT2D eigenvalue weighted by molar-refractivity contribution is 0.239. The second kappa shape index (κ2) is 10.7. The van der Waals surface area contributed by atoms with Crippen LogP contribution in [0.5, 0.6) is 5.75 Å². The summed E-state index contributed by atoms with van der Waals surface area (Å²) in [4.78, 5) is 2.60. The molecule has 1 aliphatic heterocycles. The summed E-state index contributed by atoms with van der Waals surface area (Å²) in [5.74, 6) is 1.67. The highest BCUT2D eigenvalue weighted by molar-refractivity contribution is 6.30. The quantitative estimate of drug-likeness (QED) is 0.464. The summed E-state index contributed by atoms with van der Waals surface area (Å²) < 4.78 is 6.05. The second-order valence-corrected chi connectivity index (χ2v) is 8.18. The molecule has 3 rings (SSSR count). The van der Waals surface area contributed by atoms with E-state index < -0.39 is 0 Å². The molecule has 0 amide bonds. The first kappa shape index (κ1) is 20.2. The van der Waals surface area contributed by atoms with Gasteiger partial charge in [-0.1, -0.05) is 55.6 Å². The number of nitrogens with zero attached hydrogens (tertiary/aromatic N) is 1. The maximum absolute atomic E-state index is 6.05. The van der Waals surface area contributed by atoms with E-state index in [2.05, 4.69) is 48.2 Å². The van der Waals surface area contributed by atoms with E-state index in [4.69, 9.17) is 16.3 Å². The standard InChI is InChI=1S/C24H32ClNO/c1-2-3-4-16-26-17-15-22(18-26)19-27-24-13-9-21(10-14-24)6-5-20-7-11-23(25)12-8-20/h7-14,22H,2-6,15-19H2,1H3. The number of halogens is 1. The van der Waals surface area contributed by atoms with Crippen LogP contribution in [0.25, 0.3) is 0 Å². The Kier molecular flexibility index (Phi) is 8.04. The van der Waals surface area contributed by atoms with Crippen molar-refractivity contribution in [1.82, 2.24) is 4.90 Å². The second-order valence-electron chi connectivity index (χ2n) is 7.74. The van der Waals surface area contributed by atoms with Gasteiger partial charge in [-0.2, -0.15) is 0 Å². The van der Waals surface area contributed by atoms with Crippen molar-refractivity contribution < 1.29 is 4.74 Å². The number of aryl methyl sites for hydroxylation is 2. The SMILES string of the molecule is CCCCCN1CCC(COc2ccc(CCc3ccc(Cl)cc3)cc2)C1. The number of likely N-dealkylation sites (tertiary alicyclic amines) is 1. The Morgan fingerprint density at radius 1 is 0.963 bits per heavy atom. The zero-order valence-corrected chi connectivity index (χ0v) is 17.3. The molecule has 1 heterocycles. The molecule has 0 N–H and O–H groups in total. The van der Waals surface area contributed by atoms with Crippen LogP contribution >= 0.6 is 11.6 Å². The molecule has 0 spiro atoms. The number of hydrogen-bond acceptors (Lipinski definition) is 2. The molecule has 2 aromatic carbocycles. The van der Waals surface area contributed by atoms with Gasteiger partial charge in [0.1, 0.15) is 5.75 Å². The van der Waals surface area contributed by atoms with Crippen molar-refractivity contribution in [2.45, 2.75) is 45.4 Å². The van der Waals surface area contributed by atoms with Gasteiger partial charge in [-0.25, -0.2) is 0 Å². The topological polar surface area (TPSA) is 12.5 Å². The Balaban J connectivity index is 1.37. The summed E-state index contributed by atoms with van der Waals surface area (Å²) in [5.41, 5.74) is 2.67. The Labute approximate surface area is 169 Å². The molecule has 2 nitrogen and oxygen atoms in total. The van der Waals surface area contributed by atoms with Crippen LogP contribution in [-0.4, -0.2) is 31.1 Å². The van der Waals surface area contributed by atoms with E-state index in [-0.39, 0.29) is 0 Å². The first-order valence-corrected chi connectivity index (χ1v) is 10.8. The monoisotopic (exact) mass is 385 g/mol. The van der Waals surface area contributed by atoms with Crippen LogP contribution in [0.1, 0.15) is 43.7 Å². The predicted molar refractivity (Wildman–Crippen MR) is 115 cm³/mol. The van der Waals surface area contributed by atoms with Gasteiger partial charge in [0.2, 0.25) is 0 Å². The van der Waals surface area contributed by atoms with E-state index in [1.807, 2.05) is 12.1 Å². The third-order valence-corrected chi connectivity index (χ3v) is 5.72. The Morgan fingerprint density at radius 3 is 2.30 bits per heavy atom. The van der Waals surface area contributed by atoms with Crippen molar-refractivity contribution >= 4 is 11.6 Å². The third kappa shape index (κ3) is 6.86. The predicted octanol–water partition coefficient (Wildman–Crippen LogP) is 6.02. The van der Waals surface area contributed by atoms with Gasteiger partial charge in [0.25, 0.3) is 0 Å². The Morgan fingerprint density at radius 2 is 1.63 bits per heavy atom. The molecule has 2 aromatic rings. The maximum atomic E-state index is 6.05. The summed E-state index contributed by atoms with van der Waals surface area (Å²) in [7, 11) is 0. The number of ether oxygens (including phenoxy) is 1. The molecule has 0 aromatic heterocycles. The zero-order chi connectivity index (χ0) is 18.9. The number of hydrogen-bond donors (Lipinski definition) is 0. The minimum atomic E-state index is 0.677. The molecule has 1 atom stereocenters. The van der Waals surface area contributed by atoms with Crippen LogP contribution in [0.4, 0.5) is 0 Å². The first-order chi connectivity index (χ1) is 13.2. The molecule has 3 heteroatoms. The van der Waals surface area contributed by atoms with Gasteiger partial charge in [-0.3, -0.25) is 0 Å². The largest absolute Gasteiger partial charge is 0.493 e. The maximum Gasteiger partial charge on any atom is 0.119 e. The highest BCUT2D eigenvalue weighted by Crippen LogP contribution is 2.20. The van der Waals surface area contributed by atoms with Crippen molar-refractivity contribution in [1.29, 1.82) is 0 Å². The van der Waals surface area contributed by atoms with Crippen LogP contribution in [0, 0.1) is 5.92 Å². The molecule has 146 valence electrons. The lowest BCUT2D eigenvalue weighted by Gasteiger charge is -2.16. The van der Waals surface area contributed by atoms with Gasteiger partial charge in [-0.15, -0.1) is 0 Å². The normalized spacial score (nSPS) is 17.3. The molecule has 1 fully saturated rings. The fourth-order valence-electron chi connectivity index (χ4n) is 3.74. The highest BCUT2D eigenvalue weighted by Gasteiger charge is 2.22. The molecule has 27 heavy (non-hydrogen) atoms. The van der Waals surface area contributed by atoms with E-state index in [0.717, 1.165) is 30.2 Å². The molecule has 1 unspecified atom stereocenters. The van der Waals surface area contributed by atoms with E-state index in [1.54, 1.807) is 0 Å². The van der Waals surface area contributed by atoms with Crippen LogP contribution in [0.15, 0.2) is 48.5 Å². The van der Waals surface area contributed by atoms with Gasteiger partial charge in [-0.05, 0) is 74.2 Å². The molecular formula is C24H32ClNO. The lowest BCUT2D eigenvalue weighted by atomic mass is 10.0. The van der Waals surface area contributed by atoms with Crippen molar-refractivity contribution in [2.24, 2.45) is 5.92 Å². The van der Waals surface area contributed by atoms with E-state index in [1.165, 1.54) is 56.4 Å². The Hall–Kier alpha value is -1.51. The molecule has 0 aliphatic carbocycles. The van der Waals surface area contributed by atoms with Gasteiger partial charge in [0, 0.05) is 17.5 Å². The minimum Gasteiger partial charge on any atom is -0.493 e. The molecule has 0 bridgehead atoms.